The van der Waals surface area contributed by atoms with Gasteiger partial charge in [0.2, 0.25) is 0 Å². The fourth-order valence-corrected chi connectivity index (χ4v) is 3.40. The normalized spacial score (nSPS) is 18.5. The van der Waals surface area contributed by atoms with E-state index in [4.69, 9.17) is 0 Å². The van der Waals surface area contributed by atoms with Gasteiger partial charge in [0.15, 0.2) is 0 Å². The molecule has 0 bridgehead atoms. The molecular weight excluding hydrogens is 230 g/mol. The minimum atomic E-state index is 0.562. The van der Waals surface area contributed by atoms with Gasteiger partial charge in [0.05, 0.1) is 0 Å². The zero-order valence-electron chi connectivity index (χ0n) is 12.0. The highest BCUT2D eigenvalue weighted by Gasteiger charge is 2.21. The topological polar surface area (TPSA) is 12.0 Å². The Morgan fingerprint density at radius 3 is 2.79 bits per heavy atom. The van der Waals surface area contributed by atoms with Crippen molar-refractivity contribution in [3.8, 4) is 0 Å². The van der Waals surface area contributed by atoms with Crippen LogP contribution in [-0.2, 0) is 6.42 Å². The first-order valence-electron chi connectivity index (χ1n) is 7.55. The van der Waals surface area contributed by atoms with Crippen molar-refractivity contribution in [2.45, 2.75) is 45.6 Å². The van der Waals surface area contributed by atoms with Crippen LogP contribution >= 0.6 is 0 Å². The van der Waals surface area contributed by atoms with Gasteiger partial charge in [-0.25, -0.2) is 0 Å². The molecular formula is C18H23N. The number of rotatable bonds is 3. The van der Waals surface area contributed by atoms with E-state index in [0.717, 1.165) is 6.54 Å². The van der Waals surface area contributed by atoms with E-state index in [2.05, 4.69) is 49.5 Å². The minimum absolute atomic E-state index is 0.562. The molecule has 0 amide bonds. The molecule has 0 saturated carbocycles. The summed E-state index contributed by atoms with van der Waals surface area (Å²) in [4.78, 5) is 0. The molecule has 1 N–H and O–H groups in total. The van der Waals surface area contributed by atoms with Crippen molar-refractivity contribution in [3.05, 3.63) is 47.0 Å². The van der Waals surface area contributed by atoms with Gasteiger partial charge in [0, 0.05) is 6.04 Å². The highest BCUT2D eigenvalue weighted by atomic mass is 14.9. The maximum Gasteiger partial charge on any atom is 0.0323 e. The van der Waals surface area contributed by atoms with E-state index >= 15 is 0 Å². The molecule has 2 aromatic rings. The Bertz CT molecular complexity index is 586. The third-order valence-corrected chi connectivity index (χ3v) is 4.33. The lowest BCUT2D eigenvalue weighted by molar-refractivity contribution is 0.461. The largest absolute Gasteiger partial charge is 0.310 e. The average molecular weight is 253 g/mol. The molecule has 3 rings (SSSR count). The van der Waals surface area contributed by atoms with Crippen molar-refractivity contribution in [3.63, 3.8) is 0 Å². The van der Waals surface area contributed by atoms with Gasteiger partial charge in [-0.3, -0.25) is 0 Å². The number of hydrogen-bond donors (Lipinski definition) is 1. The van der Waals surface area contributed by atoms with Gasteiger partial charge in [-0.15, -0.1) is 0 Å². The first-order valence-corrected chi connectivity index (χ1v) is 7.55. The van der Waals surface area contributed by atoms with Crippen LogP contribution in [0.25, 0.3) is 10.8 Å². The third kappa shape index (κ3) is 2.28. The number of nitrogens with one attached hydrogen (secondary N) is 1. The fraction of sp³-hybridized carbons (Fsp3) is 0.444. The zero-order valence-corrected chi connectivity index (χ0v) is 12.0. The van der Waals surface area contributed by atoms with Gasteiger partial charge in [-0.1, -0.05) is 37.3 Å². The van der Waals surface area contributed by atoms with Crippen molar-refractivity contribution in [1.29, 1.82) is 0 Å². The SMILES string of the molecule is CCCNC1CCCc2c1cc(C)c1ccccc21. The maximum atomic E-state index is 3.72. The summed E-state index contributed by atoms with van der Waals surface area (Å²) in [5.74, 6) is 0. The molecule has 1 nitrogen and oxygen atoms in total. The average Bonchev–Trinajstić information content (AvgIpc) is 2.46. The number of benzene rings is 2. The standard InChI is InChI=1S/C18H23N/c1-3-11-19-18-10-6-9-16-15-8-5-4-7-14(15)13(2)12-17(16)18/h4-5,7-8,12,18-19H,3,6,9-11H2,1-2H3. The summed E-state index contributed by atoms with van der Waals surface area (Å²) in [6.07, 6.45) is 5.03. The molecule has 0 fully saturated rings. The molecule has 1 aliphatic carbocycles. The van der Waals surface area contributed by atoms with E-state index < -0.39 is 0 Å². The van der Waals surface area contributed by atoms with Crippen LogP contribution in [0, 0.1) is 6.92 Å². The summed E-state index contributed by atoms with van der Waals surface area (Å²) in [7, 11) is 0. The van der Waals surface area contributed by atoms with E-state index in [1.54, 1.807) is 11.1 Å². The smallest absolute Gasteiger partial charge is 0.0323 e. The molecule has 0 aromatic heterocycles. The van der Waals surface area contributed by atoms with Crippen LogP contribution in [0.1, 0.15) is 48.9 Å². The van der Waals surface area contributed by atoms with Gasteiger partial charge in [-0.2, -0.15) is 0 Å². The quantitative estimate of drug-likeness (QED) is 0.847. The van der Waals surface area contributed by atoms with E-state index in [1.165, 1.54) is 42.0 Å². The monoisotopic (exact) mass is 253 g/mol. The Morgan fingerprint density at radius 2 is 2.00 bits per heavy atom. The van der Waals surface area contributed by atoms with E-state index in [0.29, 0.717) is 6.04 Å². The van der Waals surface area contributed by atoms with Gasteiger partial charge in [0.1, 0.15) is 0 Å². The lowest BCUT2D eigenvalue weighted by atomic mass is 9.83. The predicted molar refractivity (Wildman–Crippen MR) is 82.7 cm³/mol. The molecule has 100 valence electrons. The zero-order chi connectivity index (χ0) is 13.2. The molecule has 1 unspecified atom stereocenters. The van der Waals surface area contributed by atoms with E-state index in [1.807, 2.05) is 0 Å². The van der Waals surface area contributed by atoms with Crippen LogP contribution in [-0.4, -0.2) is 6.54 Å². The summed E-state index contributed by atoms with van der Waals surface area (Å²) in [5.41, 5.74) is 4.55. The Labute approximate surface area is 116 Å². The first kappa shape index (κ1) is 12.7. The molecule has 0 radical (unpaired) electrons. The minimum Gasteiger partial charge on any atom is -0.310 e. The molecule has 0 spiro atoms. The Morgan fingerprint density at radius 1 is 1.21 bits per heavy atom. The van der Waals surface area contributed by atoms with E-state index in [9.17, 15) is 0 Å². The first-order chi connectivity index (χ1) is 9.31. The van der Waals surface area contributed by atoms with Crippen LogP contribution in [0.4, 0.5) is 0 Å². The molecule has 0 saturated heterocycles. The van der Waals surface area contributed by atoms with Crippen molar-refractivity contribution >= 4 is 10.8 Å². The van der Waals surface area contributed by atoms with Gasteiger partial charge >= 0.3 is 0 Å². The third-order valence-electron chi connectivity index (χ3n) is 4.33. The molecule has 2 aromatic carbocycles. The molecule has 0 heterocycles. The predicted octanol–water partition coefficient (Wildman–Crippen LogP) is 4.53. The summed E-state index contributed by atoms with van der Waals surface area (Å²) < 4.78 is 0. The summed E-state index contributed by atoms with van der Waals surface area (Å²) in [6.45, 7) is 5.60. The Hall–Kier alpha value is -1.34. The van der Waals surface area contributed by atoms with Gasteiger partial charge in [0.25, 0.3) is 0 Å². The van der Waals surface area contributed by atoms with E-state index in [-0.39, 0.29) is 0 Å². The lowest BCUT2D eigenvalue weighted by Crippen LogP contribution is -2.26. The van der Waals surface area contributed by atoms with Crippen molar-refractivity contribution < 1.29 is 0 Å². The van der Waals surface area contributed by atoms with Crippen LogP contribution in [0.2, 0.25) is 0 Å². The summed E-state index contributed by atoms with van der Waals surface area (Å²) >= 11 is 0. The number of aryl methyl sites for hydroxylation is 2. The summed E-state index contributed by atoms with van der Waals surface area (Å²) in [5, 5.41) is 6.62. The summed E-state index contributed by atoms with van der Waals surface area (Å²) in [6, 6.07) is 11.9. The van der Waals surface area contributed by atoms with Crippen LogP contribution in [0.15, 0.2) is 30.3 Å². The van der Waals surface area contributed by atoms with Crippen LogP contribution < -0.4 is 5.32 Å². The van der Waals surface area contributed by atoms with Crippen molar-refractivity contribution in [2.75, 3.05) is 6.54 Å². The fourth-order valence-electron chi connectivity index (χ4n) is 3.40. The molecule has 0 aliphatic heterocycles. The molecule has 1 heteroatoms. The Balaban J connectivity index is 2.12. The van der Waals surface area contributed by atoms with Crippen molar-refractivity contribution in [1.82, 2.24) is 5.32 Å². The second-order valence-corrected chi connectivity index (χ2v) is 5.71. The maximum absolute atomic E-state index is 3.72. The molecule has 1 aliphatic rings. The second kappa shape index (κ2) is 5.34. The molecule has 1 atom stereocenters. The van der Waals surface area contributed by atoms with Crippen LogP contribution in [0.5, 0.6) is 0 Å². The van der Waals surface area contributed by atoms with Gasteiger partial charge in [-0.05, 0) is 66.6 Å². The second-order valence-electron chi connectivity index (χ2n) is 5.71. The van der Waals surface area contributed by atoms with Crippen molar-refractivity contribution in [2.24, 2.45) is 0 Å². The number of hydrogen-bond acceptors (Lipinski definition) is 1. The molecule has 19 heavy (non-hydrogen) atoms. The highest BCUT2D eigenvalue weighted by Crippen LogP contribution is 2.36. The number of fused-ring (bicyclic) bond motifs is 3. The Kier molecular flexibility index (Phi) is 3.56. The highest BCUT2D eigenvalue weighted by molar-refractivity contribution is 5.90. The lowest BCUT2D eigenvalue weighted by Gasteiger charge is -2.28. The van der Waals surface area contributed by atoms with Gasteiger partial charge < -0.3 is 5.32 Å². The van der Waals surface area contributed by atoms with Crippen LogP contribution in [0.3, 0.4) is 0 Å².